The van der Waals surface area contributed by atoms with Gasteiger partial charge >= 0.3 is 0 Å². The molecule has 0 saturated heterocycles. The topological polar surface area (TPSA) is 70.9 Å². The van der Waals surface area contributed by atoms with E-state index < -0.39 is 0 Å². The van der Waals surface area contributed by atoms with Crippen LogP contribution in [0.5, 0.6) is 0 Å². The number of aromatic nitrogens is 1. The molecule has 1 aliphatic carbocycles. The van der Waals surface area contributed by atoms with Gasteiger partial charge in [0.15, 0.2) is 0 Å². The first-order chi connectivity index (χ1) is 10.2. The quantitative estimate of drug-likeness (QED) is 0.738. The first-order valence-corrected chi connectivity index (χ1v) is 7.92. The Labute approximate surface area is 125 Å². The second-order valence-electron chi connectivity index (χ2n) is 6.01. The molecule has 3 rings (SSSR count). The molecule has 0 radical (unpaired) electrons. The van der Waals surface area contributed by atoms with Crippen molar-refractivity contribution in [1.82, 2.24) is 10.3 Å². The van der Waals surface area contributed by atoms with Gasteiger partial charge in [0.05, 0.1) is 11.2 Å². The van der Waals surface area contributed by atoms with Crippen LogP contribution in [-0.2, 0) is 0 Å². The zero-order valence-corrected chi connectivity index (χ0v) is 12.3. The van der Waals surface area contributed by atoms with E-state index in [4.69, 9.17) is 5.73 Å². The van der Waals surface area contributed by atoms with Crippen molar-refractivity contribution in [2.45, 2.75) is 51.0 Å². The Bertz CT molecular complexity index is 624. The first-order valence-electron chi connectivity index (χ1n) is 7.92. The highest BCUT2D eigenvalue weighted by atomic mass is 16.1. The van der Waals surface area contributed by atoms with Crippen LogP contribution in [0, 0.1) is 0 Å². The van der Waals surface area contributed by atoms with Gasteiger partial charge in [-0.25, -0.2) is 0 Å². The summed E-state index contributed by atoms with van der Waals surface area (Å²) in [6.07, 6.45) is 8.52. The molecule has 21 heavy (non-hydrogen) atoms. The summed E-state index contributed by atoms with van der Waals surface area (Å²) in [6, 6.07) is 7.90. The van der Waals surface area contributed by atoms with Gasteiger partial charge < -0.3 is 16.0 Å². The van der Waals surface area contributed by atoms with Crippen LogP contribution < -0.4 is 11.1 Å². The van der Waals surface area contributed by atoms with E-state index in [1.54, 1.807) is 0 Å². The van der Waals surface area contributed by atoms with Crippen molar-refractivity contribution in [1.29, 1.82) is 0 Å². The van der Waals surface area contributed by atoms with Crippen molar-refractivity contribution in [2.75, 3.05) is 5.73 Å². The summed E-state index contributed by atoms with van der Waals surface area (Å²) < 4.78 is 0. The van der Waals surface area contributed by atoms with Crippen molar-refractivity contribution < 1.29 is 4.79 Å². The number of para-hydroxylation sites is 1. The lowest BCUT2D eigenvalue weighted by molar-refractivity contribution is 0.0926. The van der Waals surface area contributed by atoms with E-state index in [0.29, 0.717) is 17.4 Å². The number of benzene rings is 1. The SMILES string of the molecule is Nc1cccc2cc(C(=O)NC3CCCCCCC3)[nH]c12. The number of H-pyrrole nitrogens is 1. The zero-order valence-electron chi connectivity index (χ0n) is 12.3. The third kappa shape index (κ3) is 3.20. The molecule has 0 unspecified atom stereocenters. The number of carbonyl (C=O) groups excluding carboxylic acids is 1. The molecule has 1 amide bonds. The van der Waals surface area contributed by atoms with Gasteiger partial charge in [-0.05, 0) is 25.0 Å². The summed E-state index contributed by atoms with van der Waals surface area (Å²) in [5.74, 6) is -0.0174. The molecule has 4 nitrogen and oxygen atoms in total. The van der Waals surface area contributed by atoms with E-state index in [-0.39, 0.29) is 5.91 Å². The fourth-order valence-electron chi connectivity index (χ4n) is 3.17. The molecule has 0 atom stereocenters. The maximum Gasteiger partial charge on any atom is 0.267 e. The van der Waals surface area contributed by atoms with Crippen LogP contribution >= 0.6 is 0 Å². The van der Waals surface area contributed by atoms with Crippen LogP contribution in [0.4, 0.5) is 5.69 Å². The summed E-state index contributed by atoms with van der Waals surface area (Å²) in [7, 11) is 0. The minimum absolute atomic E-state index is 0.0174. The molecule has 1 heterocycles. The van der Waals surface area contributed by atoms with Crippen molar-refractivity contribution in [3.05, 3.63) is 30.0 Å². The molecule has 1 aliphatic rings. The van der Waals surface area contributed by atoms with Crippen LogP contribution in [0.2, 0.25) is 0 Å². The van der Waals surface area contributed by atoms with Crippen LogP contribution in [0.25, 0.3) is 10.9 Å². The van der Waals surface area contributed by atoms with Crippen molar-refractivity contribution in [3.8, 4) is 0 Å². The lowest BCUT2D eigenvalue weighted by Crippen LogP contribution is -2.35. The fraction of sp³-hybridized carbons (Fsp3) is 0.471. The number of hydrogen-bond donors (Lipinski definition) is 3. The number of aromatic amines is 1. The van der Waals surface area contributed by atoms with E-state index in [0.717, 1.165) is 23.7 Å². The summed E-state index contributed by atoms with van der Waals surface area (Å²) in [5.41, 5.74) is 8.06. The number of amides is 1. The minimum Gasteiger partial charge on any atom is -0.397 e. The number of hydrogen-bond acceptors (Lipinski definition) is 2. The Balaban J connectivity index is 1.72. The molecule has 1 saturated carbocycles. The normalized spacial score (nSPS) is 17.3. The van der Waals surface area contributed by atoms with E-state index in [9.17, 15) is 4.79 Å². The lowest BCUT2D eigenvalue weighted by Gasteiger charge is -2.20. The van der Waals surface area contributed by atoms with Gasteiger partial charge in [-0.3, -0.25) is 4.79 Å². The smallest absolute Gasteiger partial charge is 0.267 e. The van der Waals surface area contributed by atoms with Gasteiger partial charge in [0.25, 0.3) is 5.91 Å². The van der Waals surface area contributed by atoms with Crippen LogP contribution in [0.3, 0.4) is 0 Å². The van der Waals surface area contributed by atoms with E-state index in [2.05, 4.69) is 10.3 Å². The number of nitrogens with two attached hydrogens (primary N) is 1. The molecule has 0 bridgehead atoms. The monoisotopic (exact) mass is 285 g/mol. The second-order valence-corrected chi connectivity index (χ2v) is 6.01. The fourth-order valence-corrected chi connectivity index (χ4v) is 3.17. The van der Waals surface area contributed by atoms with Gasteiger partial charge in [-0.15, -0.1) is 0 Å². The Morgan fingerprint density at radius 3 is 2.57 bits per heavy atom. The van der Waals surface area contributed by atoms with Crippen molar-refractivity contribution in [3.63, 3.8) is 0 Å². The van der Waals surface area contributed by atoms with Gasteiger partial charge in [-0.1, -0.05) is 44.2 Å². The molecule has 1 aromatic heterocycles. The predicted octanol–water partition coefficient (Wildman–Crippen LogP) is 3.59. The maximum absolute atomic E-state index is 12.4. The highest BCUT2D eigenvalue weighted by Crippen LogP contribution is 2.22. The number of rotatable bonds is 2. The Morgan fingerprint density at radius 1 is 1.14 bits per heavy atom. The molecule has 0 spiro atoms. The van der Waals surface area contributed by atoms with Gasteiger partial charge in [0.1, 0.15) is 5.69 Å². The first kappa shape index (κ1) is 14.0. The average molecular weight is 285 g/mol. The molecular formula is C17H23N3O. The molecule has 1 fully saturated rings. The van der Waals surface area contributed by atoms with E-state index in [1.165, 1.54) is 32.1 Å². The third-order valence-electron chi connectivity index (χ3n) is 4.37. The molecular weight excluding hydrogens is 262 g/mol. The number of fused-ring (bicyclic) bond motifs is 1. The number of anilines is 1. The van der Waals surface area contributed by atoms with E-state index in [1.807, 2.05) is 24.3 Å². The lowest BCUT2D eigenvalue weighted by atomic mass is 9.96. The van der Waals surface area contributed by atoms with Gasteiger partial charge in [-0.2, -0.15) is 0 Å². The molecule has 112 valence electrons. The number of carbonyl (C=O) groups is 1. The second kappa shape index (κ2) is 6.20. The van der Waals surface area contributed by atoms with Crippen molar-refractivity contribution in [2.24, 2.45) is 0 Å². The van der Waals surface area contributed by atoms with Gasteiger partial charge in [0, 0.05) is 11.4 Å². The molecule has 0 aliphatic heterocycles. The maximum atomic E-state index is 12.4. The highest BCUT2D eigenvalue weighted by Gasteiger charge is 2.16. The van der Waals surface area contributed by atoms with Crippen LogP contribution in [0.1, 0.15) is 55.4 Å². The van der Waals surface area contributed by atoms with Gasteiger partial charge in [0.2, 0.25) is 0 Å². The molecule has 2 aromatic rings. The third-order valence-corrected chi connectivity index (χ3v) is 4.37. The Hall–Kier alpha value is -1.97. The highest BCUT2D eigenvalue weighted by molar-refractivity contribution is 6.00. The Kier molecular flexibility index (Phi) is 4.13. The molecule has 4 N–H and O–H groups in total. The largest absolute Gasteiger partial charge is 0.397 e. The zero-order chi connectivity index (χ0) is 14.7. The number of nitrogen functional groups attached to an aromatic ring is 1. The standard InChI is InChI=1S/C17H23N3O/c18-14-10-6-7-12-11-15(20-16(12)14)17(21)19-13-8-4-2-1-3-5-9-13/h6-7,10-11,13,20H,1-5,8-9,18H2,(H,19,21). The summed E-state index contributed by atoms with van der Waals surface area (Å²) in [4.78, 5) is 15.6. The summed E-state index contributed by atoms with van der Waals surface area (Å²) >= 11 is 0. The van der Waals surface area contributed by atoms with Crippen molar-refractivity contribution >= 4 is 22.5 Å². The minimum atomic E-state index is -0.0174. The predicted molar refractivity (Wildman–Crippen MR) is 86.3 cm³/mol. The van der Waals surface area contributed by atoms with Crippen LogP contribution in [0.15, 0.2) is 24.3 Å². The Morgan fingerprint density at radius 2 is 1.86 bits per heavy atom. The van der Waals surface area contributed by atoms with Crippen LogP contribution in [-0.4, -0.2) is 16.9 Å². The van der Waals surface area contributed by atoms with E-state index >= 15 is 0 Å². The average Bonchev–Trinajstić information content (AvgIpc) is 2.87. The number of nitrogens with one attached hydrogen (secondary N) is 2. The molecule has 1 aromatic carbocycles. The molecule has 4 heteroatoms. The summed E-state index contributed by atoms with van der Waals surface area (Å²) in [5, 5.41) is 4.16. The summed E-state index contributed by atoms with van der Waals surface area (Å²) in [6.45, 7) is 0.